The van der Waals surface area contributed by atoms with Crippen molar-refractivity contribution in [1.29, 1.82) is 0 Å². The molecule has 3 aliphatic carbocycles. The zero-order valence-electron chi connectivity index (χ0n) is 16.0. The number of hydrogen-bond donors (Lipinski definition) is 3. The molecule has 2 bridgehead atoms. The van der Waals surface area contributed by atoms with Crippen molar-refractivity contribution in [2.45, 2.75) is 44.8 Å². The highest BCUT2D eigenvalue weighted by Gasteiger charge is 2.60. The van der Waals surface area contributed by atoms with Gasteiger partial charge < -0.3 is 20.4 Å². The van der Waals surface area contributed by atoms with Crippen LogP contribution in [0.1, 0.15) is 48.7 Å². The van der Waals surface area contributed by atoms with Crippen molar-refractivity contribution in [3.05, 3.63) is 54.0 Å². The maximum absolute atomic E-state index is 13.0. The van der Waals surface area contributed by atoms with Crippen LogP contribution in [0, 0.1) is 17.3 Å². The van der Waals surface area contributed by atoms with E-state index in [-0.39, 0.29) is 29.1 Å². The van der Waals surface area contributed by atoms with E-state index < -0.39 is 5.66 Å². The monoisotopic (exact) mass is 379 g/mol. The number of hydrogen-bond acceptors (Lipinski definition) is 4. The topological polar surface area (TPSA) is 83.4 Å². The lowest BCUT2D eigenvalue weighted by molar-refractivity contribution is -0.139. The Morgan fingerprint density at radius 3 is 2.89 bits per heavy atom. The molecular weight excluding hydrogens is 354 g/mol. The SMILES string of the molecule is C[C@]12CC[C@H](C[C@@H]1C(=O)NCc1ccco1)[C@]1(C2)NC(=O)c2ccccc2N1. The van der Waals surface area contributed by atoms with Gasteiger partial charge in [-0.2, -0.15) is 0 Å². The van der Waals surface area contributed by atoms with E-state index in [0.29, 0.717) is 12.1 Å². The summed E-state index contributed by atoms with van der Waals surface area (Å²) in [5, 5.41) is 9.94. The molecule has 0 radical (unpaired) electrons. The average molecular weight is 379 g/mol. The molecule has 4 aliphatic rings. The van der Waals surface area contributed by atoms with Gasteiger partial charge in [-0.25, -0.2) is 0 Å². The fraction of sp³-hybridized carbons (Fsp3) is 0.455. The van der Waals surface area contributed by atoms with E-state index in [1.807, 2.05) is 36.4 Å². The second kappa shape index (κ2) is 6.12. The molecule has 1 aromatic carbocycles. The second-order valence-corrected chi connectivity index (χ2v) is 8.75. The van der Waals surface area contributed by atoms with Crippen molar-refractivity contribution in [1.82, 2.24) is 10.6 Å². The molecule has 3 fully saturated rings. The summed E-state index contributed by atoms with van der Waals surface area (Å²) in [5.41, 5.74) is 0.957. The second-order valence-electron chi connectivity index (χ2n) is 8.75. The first kappa shape index (κ1) is 17.3. The van der Waals surface area contributed by atoms with Crippen LogP contribution in [0.25, 0.3) is 0 Å². The highest BCUT2D eigenvalue weighted by molar-refractivity contribution is 6.02. The van der Waals surface area contributed by atoms with Crippen LogP contribution in [0.15, 0.2) is 47.1 Å². The number of rotatable bonds is 3. The molecule has 0 unspecified atom stereocenters. The Labute approximate surface area is 164 Å². The molecule has 2 heterocycles. The normalized spacial score (nSPS) is 33.1. The van der Waals surface area contributed by atoms with Gasteiger partial charge in [0.25, 0.3) is 5.91 Å². The van der Waals surface area contributed by atoms with Gasteiger partial charge in [0.2, 0.25) is 5.91 Å². The lowest BCUT2D eigenvalue weighted by atomic mass is 9.51. The minimum atomic E-state index is -0.462. The first-order valence-electron chi connectivity index (χ1n) is 9.99. The lowest BCUT2D eigenvalue weighted by Crippen LogP contribution is -2.70. The summed E-state index contributed by atoms with van der Waals surface area (Å²) in [6.07, 6.45) is 5.15. The molecule has 1 aromatic heterocycles. The van der Waals surface area contributed by atoms with Gasteiger partial charge in [-0.1, -0.05) is 19.1 Å². The van der Waals surface area contributed by atoms with Gasteiger partial charge in [0.15, 0.2) is 0 Å². The highest BCUT2D eigenvalue weighted by Crippen LogP contribution is 2.58. The number of nitrogens with one attached hydrogen (secondary N) is 3. The molecule has 3 N–H and O–H groups in total. The fourth-order valence-electron chi connectivity index (χ4n) is 5.56. The Kier molecular flexibility index (Phi) is 3.79. The molecule has 0 saturated heterocycles. The Hall–Kier alpha value is -2.76. The summed E-state index contributed by atoms with van der Waals surface area (Å²) in [6, 6.07) is 11.3. The molecule has 1 spiro atoms. The van der Waals surface area contributed by atoms with E-state index in [1.165, 1.54) is 0 Å². The molecule has 2 aromatic rings. The highest BCUT2D eigenvalue weighted by atomic mass is 16.3. The molecule has 2 amide bonds. The number of carbonyl (C=O) groups is 2. The van der Waals surface area contributed by atoms with E-state index in [2.05, 4.69) is 22.9 Å². The minimum Gasteiger partial charge on any atom is -0.467 e. The third-order valence-electron chi connectivity index (χ3n) is 7.00. The molecule has 6 rings (SSSR count). The smallest absolute Gasteiger partial charge is 0.255 e. The Morgan fingerprint density at radius 2 is 2.11 bits per heavy atom. The van der Waals surface area contributed by atoms with Gasteiger partial charge >= 0.3 is 0 Å². The van der Waals surface area contributed by atoms with Crippen LogP contribution < -0.4 is 16.0 Å². The van der Waals surface area contributed by atoms with Gasteiger partial charge in [-0.3, -0.25) is 9.59 Å². The Bertz CT molecular complexity index is 925. The number of anilines is 1. The van der Waals surface area contributed by atoms with Crippen LogP contribution >= 0.6 is 0 Å². The fourth-order valence-corrected chi connectivity index (χ4v) is 5.56. The first-order valence-corrected chi connectivity index (χ1v) is 9.99. The molecule has 28 heavy (non-hydrogen) atoms. The van der Waals surface area contributed by atoms with Crippen molar-refractivity contribution < 1.29 is 14.0 Å². The van der Waals surface area contributed by atoms with Crippen LogP contribution in [0.2, 0.25) is 0 Å². The van der Waals surface area contributed by atoms with E-state index >= 15 is 0 Å². The molecule has 4 atom stereocenters. The third kappa shape index (κ3) is 2.62. The number of para-hydroxylation sites is 1. The van der Waals surface area contributed by atoms with Crippen LogP contribution in [-0.4, -0.2) is 17.5 Å². The third-order valence-corrected chi connectivity index (χ3v) is 7.00. The lowest BCUT2D eigenvalue weighted by Gasteiger charge is -2.60. The van der Waals surface area contributed by atoms with Crippen molar-refractivity contribution in [2.24, 2.45) is 17.3 Å². The Balaban J connectivity index is 1.37. The molecular formula is C22H25N3O3. The maximum atomic E-state index is 13.0. The summed E-state index contributed by atoms with van der Waals surface area (Å²) in [7, 11) is 0. The van der Waals surface area contributed by atoms with Crippen molar-refractivity contribution >= 4 is 17.5 Å². The van der Waals surface area contributed by atoms with E-state index in [9.17, 15) is 9.59 Å². The first-order chi connectivity index (χ1) is 13.5. The predicted octanol–water partition coefficient (Wildman–Crippen LogP) is 3.27. The number of furan rings is 1. The zero-order valence-corrected chi connectivity index (χ0v) is 16.0. The van der Waals surface area contributed by atoms with Crippen LogP contribution in [0.4, 0.5) is 5.69 Å². The van der Waals surface area contributed by atoms with Crippen LogP contribution in [-0.2, 0) is 11.3 Å². The molecule has 3 saturated carbocycles. The largest absolute Gasteiger partial charge is 0.467 e. The maximum Gasteiger partial charge on any atom is 0.255 e. The summed E-state index contributed by atoms with van der Waals surface area (Å²) >= 11 is 0. The molecule has 1 aliphatic heterocycles. The minimum absolute atomic E-state index is 0.0238. The Morgan fingerprint density at radius 1 is 1.25 bits per heavy atom. The van der Waals surface area contributed by atoms with Gasteiger partial charge in [0, 0.05) is 17.5 Å². The average Bonchev–Trinajstić information content (AvgIpc) is 3.19. The van der Waals surface area contributed by atoms with E-state index in [4.69, 9.17) is 4.42 Å². The van der Waals surface area contributed by atoms with Crippen molar-refractivity contribution in [3.8, 4) is 0 Å². The molecule has 146 valence electrons. The van der Waals surface area contributed by atoms with Crippen LogP contribution in [0.5, 0.6) is 0 Å². The summed E-state index contributed by atoms with van der Waals surface area (Å²) < 4.78 is 5.32. The van der Waals surface area contributed by atoms with Gasteiger partial charge in [0.05, 0.1) is 18.4 Å². The number of fused-ring (bicyclic) bond motifs is 3. The van der Waals surface area contributed by atoms with Gasteiger partial charge in [-0.15, -0.1) is 0 Å². The van der Waals surface area contributed by atoms with Gasteiger partial charge in [0.1, 0.15) is 11.4 Å². The van der Waals surface area contributed by atoms with Crippen LogP contribution in [0.3, 0.4) is 0 Å². The van der Waals surface area contributed by atoms with E-state index in [1.54, 1.807) is 6.26 Å². The van der Waals surface area contributed by atoms with E-state index in [0.717, 1.165) is 37.1 Å². The standard InChI is InChI=1S/C22H25N3O3/c1-21-9-8-14(11-17(21)20(27)23-12-15-5-4-10-28-15)22(13-21)24-18-7-3-2-6-16(18)19(26)25-22/h2-7,10,14,17,24H,8-9,11-13H2,1H3,(H,23,27)(H,25,26)/t14-,17-,21-,22+/m1/s1. The molecule has 6 heteroatoms. The molecule has 6 nitrogen and oxygen atoms in total. The number of amides is 2. The summed E-state index contributed by atoms with van der Waals surface area (Å²) in [5.74, 6) is 0.993. The van der Waals surface area contributed by atoms with Crippen molar-refractivity contribution in [3.63, 3.8) is 0 Å². The number of benzene rings is 1. The van der Waals surface area contributed by atoms with Crippen molar-refractivity contribution in [2.75, 3.05) is 5.32 Å². The summed E-state index contributed by atoms with van der Waals surface area (Å²) in [6.45, 7) is 2.60. The zero-order chi connectivity index (χ0) is 19.4. The predicted molar refractivity (Wildman–Crippen MR) is 104 cm³/mol. The summed E-state index contributed by atoms with van der Waals surface area (Å²) in [4.78, 5) is 25.7. The van der Waals surface area contributed by atoms with Gasteiger partial charge in [-0.05, 0) is 55.4 Å². The number of carbonyl (C=O) groups excluding carboxylic acids is 2. The quantitative estimate of drug-likeness (QED) is 0.764.